The van der Waals surface area contributed by atoms with Gasteiger partial charge in [0.2, 0.25) is 0 Å². The Morgan fingerprint density at radius 1 is 1.14 bits per heavy atom. The SMILES string of the molecule is CC1(C)CN(C(=O)c2cccc(OCc3cccnc3)c2)c2ccccc2O1. The van der Waals surface area contributed by atoms with Crippen LogP contribution in [0.25, 0.3) is 0 Å². The van der Waals surface area contributed by atoms with Crippen LogP contribution >= 0.6 is 0 Å². The Bertz CT molecular complexity index is 986. The van der Waals surface area contributed by atoms with Gasteiger partial charge in [-0.3, -0.25) is 9.78 Å². The summed E-state index contributed by atoms with van der Waals surface area (Å²) in [5.41, 5.74) is 1.88. The Hall–Kier alpha value is -3.34. The zero-order valence-corrected chi connectivity index (χ0v) is 16.0. The second kappa shape index (κ2) is 7.35. The molecule has 2 aromatic carbocycles. The predicted molar refractivity (Wildman–Crippen MR) is 108 cm³/mol. The fraction of sp³-hybridized carbons (Fsp3) is 0.217. The van der Waals surface area contributed by atoms with Crippen LogP contribution in [0, 0.1) is 0 Å². The molecule has 0 unspecified atom stereocenters. The van der Waals surface area contributed by atoms with Gasteiger partial charge >= 0.3 is 0 Å². The summed E-state index contributed by atoms with van der Waals surface area (Å²) in [6.07, 6.45) is 3.49. The van der Waals surface area contributed by atoms with Crippen LogP contribution in [0.15, 0.2) is 73.1 Å². The van der Waals surface area contributed by atoms with E-state index in [2.05, 4.69) is 4.98 Å². The lowest BCUT2D eigenvalue weighted by atomic mass is 10.0. The van der Waals surface area contributed by atoms with Crippen LogP contribution in [0.4, 0.5) is 5.69 Å². The minimum absolute atomic E-state index is 0.0735. The number of amides is 1. The number of fused-ring (bicyclic) bond motifs is 1. The highest BCUT2D eigenvalue weighted by molar-refractivity contribution is 6.07. The van der Waals surface area contributed by atoms with E-state index < -0.39 is 5.60 Å². The monoisotopic (exact) mass is 374 g/mol. The highest BCUT2D eigenvalue weighted by Crippen LogP contribution is 2.37. The number of hydrogen-bond donors (Lipinski definition) is 0. The van der Waals surface area contributed by atoms with E-state index in [1.54, 1.807) is 23.4 Å². The van der Waals surface area contributed by atoms with Crippen molar-refractivity contribution in [3.8, 4) is 11.5 Å². The standard InChI is InChI=1S/C23H22N2O3/c1-23(2)16-25(20-10-3-4-11-21(20)28-23)22(26)18-8-5-9-19(13-18)27-15-17-7-6-12-24-14-17/h3-14H,15-16H2,1-2H3. The van der Waals surface area contributed by atoms with Gasteiger partial charge in [0, 0.05) is 23.5 Å². The molecular weight excluding hydrogens is 352 g/mol. The molecule has 2 heterocycles. The fourth-order valence-corrected chi connectivity index (χ4v) is 3.27. The van der Waals surface area contributed by atoms with Crippen molar-refractivity contribution in [1.29, 1.82) is 0 Å². The summed E-state index contributed by atoms with van der Waals surface area (Å²) >= 11 is 0. The molecule has 1 aliphatic heterocycles. The second-order valence-corrected chi connectivity index (χ2v) is 7.40. The highest BCUT2D eigenvalue weighted by Gasteiger charge is 2.35. The molecule has 3 aromatic rings. The van der Waals surface area contributed by atoms with Crippen molar-refractivity contribution in [3.05, 3.63) is 84.2 Å². The number of aromatic nitrogens is 1. The summed E-state index contributed by atoms with van der Waals surface area (Å²) in [4.78, 5) is 19.1. The smallest absolute Gasteiger partial charge is 0.258 e. The lowest BCUT2D eigenvalue weighted by Gasteiger charge is -2.39. The van der Waals surface area contributed by atoms with Crippen molar-refractivity contribution in [1.82, 2.24) is 4.98 Å². The second-order valence-electron chi connectivity index (χ2n) is 7.40. The number of pyridine rings is 1. The first-order valence-electron chi connectivity index (χ1n) is 9.23. The molecule has 4 rings (SSSR count). The van der Waals surface area contributed by atoms with E-state index in [1.807, 2.05) is 68.4 Å². The minimum Gasteiger partial charge on any atom is -0.489 e. The molecule has 0 atom stereocenters. The molecule has 1 amide bonds. The molecule has 0 saturated heterocycles. The van der Waals surface area contributed by atoms with E-state index in [4.69, 9.17) is 9.47 Å². The number of anilines is 1. The number of para-hydroxylation sites is 2. The summed E-state index contributed by atoms with van der Waals surface area (Å²) in [7, 11) is 0. The third kappa shape index (κ3) is 3.83. The van der Waals surface area contributed by atoms with Gasteiger partial charge in [-0.2, -0.15) is 0 Å². The topological polar surface area (TPSA) is 51.7 Å². The van der Waals surface area contributed by atoms with Crippen LogP contribution in [0.3, 0.4) is 0 Å². The largest absolute Gasteiger partial charge is 0.489 e. The van der Waals surface area contributed by atoms with Crippen molar-refractivity contribution in [2.75, 3.05) is 11.4 Å². The van der Waals surface area contributed by atoms with E-state index in [1.165, 1.54) is 0 Å². The molecule has 28 heavy (non-hydrogen) atoms. The van der Waals surface area contributed by atoms with E-state index in [-0.39, 0.29) is 5.91 Å². The lowest BCUT2D eigenvalue weighted by Crippen LogP contribution is -2.49. The molecular formula is C23H22N2O3. The van der Waals surface area contributed by atoms with Gasteiger partial charge in [-0.05, 0) is 50.2 Å². The van der Waals surface area contributed by atoms with Crippen LogP contribution < -0.4 is 14.4 Å². The molecule has 0 spiro atoms. The molecule has 142 valence electrons. The number of carbonyl (C=O) groups excluding carboxylic acids is 1. The fourth-order valence-electron chi connectivity index (χ4n) is 3.27. The van der Waals surface area contributed by atoms with Crippen molar-refractivity contribution < 1.29 is 14.3 Å². The maximum absolute atomic E-state index is 13.3. The number of rotatable bonds is 4. The summed E-state index contributed by atoms with van der Waals surface area (Å²) < 4.78 is 11.9. The van der Waals surface area contributed by atoms with Crippen LogP contribution in [0.1, 0.15) is 29.8 Å². The molecule has 0 N–H and O–H groups in total. The Morgan fingerprint density at radius 3 is 2.82 bits per heavy atom. The van der Waals surface area contributed by atoms with Gasteiger partial charge in [-0.1, -0.05) is 24.3 Å². The molecule has 5 heteroatoms. The van der Waals surface area contributed by atoms with Gasteiger partial charge in [0.25, 0.3) is 5.91 Å². The third-order valence-electron chi connectivity index (χ3n) is 4.54. The zero-order chi connectivity index (χ0) is 19.6. The lowest BCUT2D eigenvalue weighted by molar-refractivity contribution is 0.0836. The van der Waals surface area contributed by atoms with Crippen molar-refractivity contribution >= 4 is 11.6 Å². The van der Waals surface area contributed by atoms with E-state index in [0.29, 0.717) is 24.5 Å². The Morgan fingerprint density at radius 2 is 2.00 bits per heavy atom. The molecule has 0 radical (unpaired) electrons. The van der Waals surface area contributed by atoms with E-state index >= 15 is 0 Å². The van der Waals surface area contributed by atoms with Crippen molar-refractivity contribution in [3.63, 3.8) is 0 Å². The summed E-state index contributed by atoms with van der Waals surface area (Å²) in [5, 5.41) is 0. The summed E-state index contributed by atoms with van der Waals surface area (Å²) in [5.74, 6) is 1.29. The average Bonchev–Trinajstić information content (AvgIpc) is 2.71. The third-order valence-corrected chi connectivity index (χ3v) is 4.54. The average molecular weight is 374 g/mol. The summed E-state index contributed by atoms with van der Waals surface area (Å²) in [6, 6.07) is 18.7. The Kier molecular flexibility index (Phi) is 4.74. The van der Waals surface area contributed by atoms with Crippen LogP contribution in [0.5, 0.6) is 11.5 Å². The van der Waals surface area contributed by atoms with Gasteiger partial charge in [-0.15, -0.1) is 0 Å². The van der Waals surface area contributed by atoms with Gasteiger partial charge in [0.15, 0.2) is 0 Å². The number of ether oxygens (including phenoxy) is 2. The Labute approximate surface area is 164 Å². The number of carbonyl (C=O) groups is 1. The van der Waals surface area contributed by atoms with Crippen LogP contribution in [0.2, 0.25) is 0 Å². The number of hydrogen-bond acceptors (Lipinski definition) is 4. The molecule has 1 aliphatic rings. The molecule has 5 nitrogen and oxygen atoms in total. The molecule has 0 saturated carbocycles. The maximum atomic E-state index is 13.3. The first-order valence-corrected chi connectivity index (χ1v) is 9.23. The molecule has 0 bridgehead atoms. The first kappa shape index (κ1) is 18.0. The van der Waals surface area contributed by atoms with E-state index in [9.17, 15) is 4.79 Å². The summed E-state index contributed by atoms with van der Waals surface area (Å²) in [6.45, 7) is 4.84. The van der Waals surface area contributed by atoms with E-state index in [0.717, 1.165) is 17.0 Å². The zero-order valence-electron chi connectivity index (χ0n) is 16.0. The predicted octanol–water partition coefficient (Wildman–Crippen LogP) is 4.48. The maximum Gasteiger partial charge on any atom is 0.258 e. The van der Waals surface area contributed by atoms with Gasteiger partial charge < -0.3 is 14.4 Å². The first-order chi connectivity index (χ1) is 13.5. The van der Waals surface area contributed by atoms with Crippen molar-refractivity contribution in [2.24, 2.45) is 0 Å². The van der Waals surface area contributed by atoms with Crippen LogP contribution in [-0.2, 0) is 6.61 Å². The van der Waals surface area contributed by atoms with Crippen molar-refractivity contribution in [2.45, 2.75) is 26.1 Å². The number of benzene rings is 2. The van der Waals surface area contributed by atoms with Gasteiger partial charge in [0.1, 0.15) is 23.7 Å². The van der Waals surface area contributed by atoms with Gasteiger partial charge in [-0.25, -0.2) is 0 Å². The highest BCUT2D eigenvalue weighted by atomic mass is 16.5. The quantitative estimate of drug-likeness (QED) is 0.676. The van der Waals surface area contributed by atoms with Crippen LogP contribution in [-0.4, -0.2) is 23.0 Å². The number of nitrogens with zero attached hydrogens (tertiary/aromatic N) is 2. The normalized spacial score (nSPS) is 14.7. The molecule has 0 fully saturated rings. The van der Waals surface area contributed by atoms with Gasteiger partial charge in [0.05, 0.1) is 12.2 Å². The molecule has 1 aromatic heterocycles. The minimum atomic E-state index is -0.460. The molecule has 0 aliphatic carbocycles. The Balaban J connectivity index is 1.57.